The van der Waals surface area contributed by atoms with Crippen molar-refractivity contribution in [2.75, 3.05) is 25.5 Å². The molecule has 16 heavy (non-hydrogen) atoms. The molecule has 88 valence electrons. The van der Waals surface area contributed by atoms with E-state index in [2.05, 4.69) is 10.1 Å². The molecule has 1 aromatic rings. The quantitative estimate of drug-likeness (QED) is 0.611. The van der Waals surface area contributed by atoms with Crippen molar-refractivity contribution in [3.8, 4) is 0 Å². The number of carbonyl (C=O) groups excluding carboxylic acids is 1. The van der Waals surface area contributed by atoms with Crippen molar-refractivity contribution in [3.05, 3.63) is 28.8 Å². The Kier molecular flexibility index (Phi) is 5.08. The number of hydrogen-bond acceptors (Lipinski definition) is 4. The van der Waals surface area contributed by atoms with Crippen LogP contribution in [0.2, 0.25) is 5.02 Å². The number of rotatable bonds is 5. The van der Waals surface area contributed by atoms with Crippen molar-refractivity contribution >= 4 is 23.3 Å². The van der Waals surface area contributed by atoms with Crippen LogP contribution in [0.1, 0.15) is 16.8 Å². The molecule has 0 aliphatic carbocycles. The van der Waals surface area contributed by atoms with Gasteiger partial charge in [-0.2, -0.15) is 0 Å². The van der Waals surface area contributed by atoms with Crippen molar-refractivity contribution in [3.63, 3.8) is 0 Å². The first-order valence-electron chi connectivity index (χ1n) is 5.01. The van der Waals surface area contributed by atoms with Crippen molar-refractivity contribution in [2.45, 2.75) is 6.42 Å². The van der Waals surface area contributed by atoms with Crippen LogP contribution in [0.3, 0.4) is 0 Å². The van der Waals surface area contributed by atoms with Crippen LogP contribution < -0.4 is 11.1 Å². The molecule has 0 heterocycles. The SMILES string of the molecule is COC(=O)c1ccc(Cl)c(NCCCN)c1. The number of nitrogens with one attached hydrogen (secondary N) is 1. The lowest BCUT2D eigenvalue weighted by atomic mass is 10.2. The van der Waals surface area contributed by atoms with Gasteiger partial charge in [-0.25, -0.2) is 4.79 Å². The van der Waals surface area contributed by atoms with E-state index in [0.717, 1.165) is 18.7 Å². The summed E-state index contributed by atoms with van der Waals surface area (Å²) in [4.78, 5) is 11.3. The molecular weight excluding hydrogens is 228 g/mol. The highest BCUT2D eigenvalue weighted by molar-refractivity contribution is 6.33. The minimum atomic E-state index is -0.376. The Bertz CT molecular complexity index is 369. The first-order valence-corrected chi connectivity index (χ1v) is 5.38. The largest absolute Gasteiger partial charge is 0.465 e. The third-order valence-electron chi connectivity index (χ3n) is 2.08. The van der Waals surface area contributed by atoms with Gasteiger partial charge in [0.2, 0.25) is 0 Å². The average Bonchev–Trinajstić information content (AvgIpc) is 2.31. The maximum atomic E-state index is 11.3. The molecule has 0 spiro atoms. The molecule has 0 unspecified atom stereocenters. The smallest absolute Gasteiger partial charge is 0.337 e. The summed E-state index contributed by atoms with van der Waals surface area (Å²) >= 11 is 5.98. The zero-order valence-electron chi connectivity index (χ0n) is 9.13. The van der Waals surface area contributed by atoms with Crippen LogP contribution in [-0.2, 0) is 4.74 Å². The number of ether oxygens (including phenoxy) is 1. The topological polar surface area (TPSA) is 64.3 Å². The van der Waals surface area contributed by atoms with Gasteiger partial charge in [-0.05, 0) is 31.2 Å². The molecule has 0 bridgehead atoms. The molecule has 0 atom stereocenters. The number of esters is 1. The van der Waals surface area contributed by atoms with Crippen LogP contribution in [0.15, 0.2) is 18.2 Å². The van der Waals surface area contributed by atoms with E-state index < -0.39 is 0 Å². The van der Waals surface area contributed by atoms with E-state index in [1.54, 1.807) is 18.2 Å². The van der Waals surface area contributed by atoms with E-state index in [9.17, 15) is 4.79 Å². The molecule has 0 saturated heterocycles. The van der Waals surface area contributed by atoms with E-state index in [1.165, 1.54) is 7.11 Å². The van der Waals surface area contributed by atoms with Gasteiger partial charge in [-0.3, -0.25) is 0 Å². The summed E-state index contributed by atoms with van der Waals surface area (Å²) in [5.74, 6) is -0.376. The molecule has 0 amide bonds. The van der Waals surface area contributed by atoms with Crippen LogP contribution >= 0.6 is 11.6 Å². The molecule has 0 saturated carbocycles. The monoisotopic (exact) mass is 242 g/mol. The molecule has 0 radical (unpaired) electrons. The molecule has 4 nitrogen and oxygen atoms in total. The summed E-state index contributed by atoms with van der Waals surface area (Å²) in [6.45, 7) is 1.34. The van der Waals surface area contributed by atoms with E-state index in [1.807, 2.05) is 0 Å². The summed E-state index contributed by atoms with van der Waals surface area (Å²) in [5.41, 5.74) is 6.58. The predicted octanol–water partition coefficient (Wildman–Crippen LogP) is 1.89. The highest BCUT2D eigenvalue weighted by Crippen LogP contribution is 2.23. The standard InChI is InChI=1S/C11H15ClN2O2/c1-16-11(15)8-3-4-9(12)10(7-8)14-6-2-5-13/h3-4,7,14H,2,5-6,13H2,1H3. The number of carbonyl (C=O) groups is 1. The predicted molar refractivity (Wildman–Crippen MR) is 65.0 cm³/mol. The van der Waals surface area contributed by atoms with Gasteiger partial charge in [0.05, 0.1) is 23.4 Å². The molecule has 1 rings (SSSR count). The summed E-state index contributed by atoms with van der Waals surface area (Å²) < 4.78 is 4.63. The van der Waals surface area contributed by atoms with Gasteiger partial charge in [-0.15, -0.1) is 0 Å². The molecule has 0 aliphatic rings. The minimum absolute atomic E-state index is 0.376. The minimum Gasteiger partial charge on any atom is -0.465 e. The van der Waals surface area contributed by atoms with Gasteiger partial charge in [0.15, 0.2) is 0 Å². The number of nitrogens with two attached hydrogens (primary N) is 1. The molecule has 0 fully saturated rings. The van der Waals surface area contributed by atoms with Crippen LogP contribution in [0.25, 0.3) is 0 Å². The van der Waals surface area contributed by atoms with Crippen molar-refractivity contribution in [1.82, 2.24) is 0 Å². The van der Waals surface area contributed by atoms with E-state index in [0.29, 0.717) is 17.1 Å². The zero-order chi connectivity index (χ0) is 12.0. The highest BCUT2D eigenvalue weighted by Gasteiger charge is 2.08. The number of benzene rings is 1. The van der Waals surface area contributed by atoms with E-state index in [-0.39, 0.29) is 5.97 Å². The number of methoxy groups -OCH3 is 1. The Hall–Kier alpha value is -1.26. The molecule has 1 aromatic carbocycles. The fraction of sp³-hybridized carbons (Fsp3) is 0.364. The van der Waals surface area contributed by atoms with Crippen LogP contribution in [0, 0.1) is 0 Å². The molecule has 0 aromatic heterocycles. The second kappa shape index (κ2) is 6.35. The zero-order valence-corrected chi connectivity index (χ0v) is 9.88. The summed E-state index contributed by atoms with van der Waals surface area (Å²) in [6, 6.07) is 4.96. The fourth-order valence-electron chi connectivity index (χ4n) is 1.23. The maximum absolute atomic E-state index is 11.3. The van der Waals surface area contributed by atoms with Crippen LogP contribution in [-0.4, -0.2) is 26.2 Å². The van der Waals surface area contributed by atoms with Gasteiger partial charge in [0, 0.05) is 6.54 Å². The van der Waals surface area contributed by atoms with Gasteiger partial charge in [0.1, 0.15) is 0 Å². The normalized spacial score (nSPS) is 9.94. The third kappa shape index (κ3) is 3.40. The Labute approximate surface area is 99.7 Å². The number of anilines is 1. The molecular formula is C11H15ClN2O2. The van der Waals surface area contributed by atoms with E-state index in [4.69, 9.17) is 17.3 Å². The fourth-order valence-corrected chi connectivity index (χ4v) is 1.42. The van der Waals surface area contributed by atoms with Crippen molar-refractivity contribution in [2.24, 2.45) is 5.73 Å². The Morgan fingerprint density at radius 1 is 1.56 bits per heavy atom. The summed E-state index contributed by atoms with van der Waals surface area (Å²) in [7, 11) is 1.35. The van der Waals surface area contributed by atoms with Gasteiger partial charge >= 0.3 is 5.97 Å². The highest BCUT2D eigenvalue weighted by atomic mass is 35.5. The second-order valence-electron chi connectivity index (χ2n) is 3.26. The van der Waals surface area contributed by atoms with Crippen LogP contribution in [0.4, 0.5) is 5.69 Å². The summed E-state index contributed by atoms with van der Waals surface area (Å²) in [5, 5.41) is 3.69. The first kappa shape index (κ1) is 12.8. The number of halogens is 1. The van der Waals surface area contributed by atoms with Gasteiger partial charge < -0.3 is 15.8 Å². The Balaban J connectivity index is 2.78. The van der Waals surface area contributed by atoms with Crippen molar-refractivity contribution < 1.29 is 9.53 Å². The average molecular weight is 243 g/mol. The number of hydrogen-bond donors (Lipinski definition) is 2. The lowest BCUT2D eigenvalue weighted by Gasteiger charge is -2.09. The first-order chi connectivity index (χ1) is 7.69. The Morgan fingerprint density at radius 3 is 2.94 bits per heavy atom. The maximum Gasteiger partial charge on any atom is 0.337 e. The molecule has 3 N–H and O–H groups in total. The third-order valence-corrected chi connectivity index (χ3v) is 2.41. The van der Waals surface area contributed by atoms with Crippen molar-refractivity contribution in [1.29, 1.82) is 0 Å². The molecule has 0 aliphatic heterocycles. The summed E-state index contributed by atoms with van der Waals surface area (Å²) in [6.07, 6.45) is 0.846. The van der Waals surface area contributed by atoms with Gasteiger partial charge in [-0.1, -0.05) is 11.6 Å². The van der Waals surface area contributed by atoms with Crippen LogP contribution in [0.5, 0.6) is 0 Å². The lowest BCUT2D eigenvalue weighted by molar-refractivity contribution is 0.0601. The molecule has 5 heteroatoms. The Morgan fingerprint density at radius 2 is 2.31 bits per heavy atom. The van der Waals surface area contributed by atoms with E-state index >= 15 is 0 Å². The lowest BCUT2D eigenvalue weighted by Crippen LogP contribution is -2.09. The second-order valence-corrected chi connectivity index (χ2v) is 3.66. The van der Waals surface area contributed by atoms with Gasteiger partial charge in [0.25, 0.3) is 0 Å².